The van der Waals surface area contributed by atoms with E-state index in [1.54, 1.807) is 18.2 Å². The summed E-state index contributed by atoms with van der Waals surface area (Å²) < 4.78 is 0.875. The highest BCUT2D eigenvalue weighted by Crippen LogP contribution is 2.19. The quantitative estimate of drug-likeness (QED) is 0.841. The molecule has 2 aromatic rings. The molecule has 76 valence electrons. The number of hydrogen-bond donors (Lipinski definition) is 1. The van der Waals surface area contributed by atoms with Crippen molar-refractivity contribution in [2.75, 3.05) is 0 Å². The monoisotopic (exact) mass is 266 g/mol. The van der Waals surface area contributed by atoms with Crippen LogP contribution in [0.1, 0.15) is 5.56 Å². The van der Waals surface area contributed by atoms with Crippen LogP contribution >= 0.6 is 15.9 Å². The van der Waals surface area contributed by atoms with Crippen molar-refractivity contribution < 1.29 is 5.11 Å². The maximum atomic E-state index is 9.51. The summed E-state index contributed by atoms with van der Waals surface area (Å²) in [6, 6.07) is 5.10. The van der Waals surface area contributed by atoms with Gasteiger partial charge in [-0.3, -0.25) is 0 Å². The lowest BCUT2D eigenvalue weighted by molar-refractivity contribution is 0.474. The Hall–Kier alpha value is -1.69. The largest absolute Gasteiger partial charge is 0.507 e. The zero-order valence-corrected chi connectivity index (χ0v) is 9.16. The fraction of sp³-hybridized carbons (Fsp3) is 0. The number of rotatable bonds is 2. The third-order valence-electron chi connectivity index (χ3n) is 1.71. The van der Waals surface area contributed by atoms with Crippen molar-refractivity contribution in [3.63, 3.8) is 0 Å². The molecular formula is C9H7BrN4O. The van der Waals surface area contributed by atoms with E-state index in [0.717, 1.165) is 4.47 Å². The topological polar surface area (TPSA) is 63.3 Å². The van der Waals surface area contributed by atoms with E-state index in [4.69, 9.17) is 0 Å². The number of aromatic hydroxyl groups is 1. The molecule has 1 heterocycles. The molecule has 0 atom stereocenters. The number of aromatic nitrogens is 3. The molecule has 0 aliphatic rings. The Labute approximate surface area is 94.2 Å². The van der Waals surface area contributed by atoms with Gasteiger partial charge in [0, 0.05) is 10.0 Å². The SMILES string of the molecule is Oc1ccc(Br)cc1C=Nn1cncn1. The molecular weight excluding hydrogens is 260 g/mol. The average molecular weight is 267 g/mol. The van der Waals surface area contributed by atoms with E-state index in [1.807, 2.05) is 0 Å². The molecule has 0 spiro atoms. The van der Waals surface area contributed by atoms with E-state index in [0.29, 0.717) is 5.56 Å². The molecule has 0 aliphatic heterocycles. The minimum atomic E-state index is 0.169. The number of halogens is 1. The molecule has 0 aliphatic carbocycles. The minimum absolute atomic E-state index is 0.169. The highest BCUT2D eigenvalue weighted by molar-refractivity contribution is 9.10. The zero-order chi connectivity index (χ0) is 10.7. The summed E-state index contributed by atoms with van der Waals surface area (Å²) in [5.74, 6) is 0.169. The molecule has 2 rings (SSSR count). The molecule has 0 saturated carbocycles. The average Bonchev–Trinajstić information content (AvgIpc) is 2.72. The number of nitrogens with zero attached hydrogens (tertiary/aromatic N) is 4. The molecule has 0 saturated heterocycles. The maximum Gasteiger partial charge on any atom is 0.139 e. The number of phenols is 1. The van der Waals surface area contributed by atoms with Crippen LogP contribution in [0.3, 0.4) is 0 Å². The van der Waals surface area contributed by atoms with Crippen LogP contribution in [0.4, 0.5) is 0 Å². The van der Waals surface area contributed by atoms with Crippen molar-refractivity contribution in [2.24, 2.45) is 5.10 Å². The Morgan fingerprint density at radius 3 is 3.07 bits per heavy atom. The highest BCUT2D eigenvalue weighted by atomic mass is 79.9. The summed E-state index contributed by atoms with van der Waals surface area (Å²) in [6.45, 7) is 0. The van der Waals surface area contributed by atoms with Crippen LogP contribution in [0.15, 0.2) is 40.4 Å². The minimum Gasteiger partial charge on any atom is -0.507 e. The van der Waals surface area contributed by atoms with E-state index in [1.165, 1.54) is 23.7 Å². The lowest BCUT2D eigenvalue weighted by Gasteiger charge is -1.98. The molecule has 15 heavy (non-hydrogen) atoms. The normalized spacial score (nSPS) is 11.0. The van der Waals surface area contributed by atoms with Crippen LogP contribution in [0.5, 0.6) is 5.75 Å². The van der Waals surface area contributed by atoms with Gasteiger partial charge in [0.1, 0.15) is 18.4 Å². The number of phenolic OH excluding ortho intramolecular Hbond substituents is 1. The van der Waals surface area contributed by atoms with Crippen molar-refractivity contribution >= 4 is 22.1 Å². The van der Waals surface area contributed by atoms with Gasteiger partial charge in [-0.15, -0.1) is 9.89 Å². The van der Waals surface area contributed by atoms with Gasteiger partial charge in [0.25, 0.3) is 0 Å². The van der Waals surface area contributed by atoms with Crippen LogP contribution in [-0.4, -0.2) is 26.2 Å². The summed E-state index contributed by atoms with van der Waals surface area (Å²) in [5, 5.41) is 17.3. The van der Waals surface area contributed by atoms with Crippen molar-refractivity contribution in [3.8, 4) is 5.75 Å². The third-order valence-corrected chi connectivity index (χ3v) is 2.20. The Morgan fingerprint density at radius 2 is 2.33 bits per heavy atom. The molecule has 1 aromatic carbocycles. The van der Waals surface area contributed by atoms with E-state index in [2.05, 4.69) is 31.1 Å². The van der Waals surface area contributed by atoms with Gasteiger partial charge in [0.15, 0.2) is 0 Å². The predicted octanol–water partition coefficient (Wildman–Crippen LogP) is 1.63. The second-order valence-electron chi connectivity index (χ2n) is 2.76. The summed E-state index contributed by atoms with van der Waals surface area (Å²) in [7, 11) is 0. The van der Waals surface area contributed by atoms with Gasteiger partial charge < -0.3 is 5.11 Å². The second kappa shape index (κ2) is 4.22. The first-order valence-electron chi connectivity index (χ1n) is 4.13. The van der Waals surface area contributed by atoms with E-state index in [-0.39, 0.29) is 5.75 Å². The van der Waals surface area contributed by atoms with Crippen LogP contribution in [0, 0.1) is 0 Å². The summed E-state index contributed by atoms with van der Waals surface area (Å²) in [4.78, 5) is 5.05. The smallest absolute Gasteiger partial charge is 0.139 e. The molecule has 1 aromatic heterocycles. The summed E-state index contributed by atoms with van der Waals surface area (Å²) in [6.07, 6.45) is 4.36. The standard InChI is InChI=1S/C9H7BrN4O/c10-8-1-2-9(15)7(3-8)4-12-14-6-11-5-13-14/h1-6,15H. The van der Waals surface area contributed by atoms with E-state index in [9.17, 15) is 5.11 Å². The first-order chi connectivity index (χ1) is 7.25. The van der Waals surface area contributed by atoms with Crippen LogP contribution in [0.25, 0.3) is 0 Å². The molecule has 1 N–H and O–H groups in total. The first-order valence-corrected chi connectivity index (χ1v) is 4.92. The molecule has 0 fully saturated rings. The van der Waals surface area contributed by atoms with Crippen molar-refractivity contribution in [1.29, 1.82) is 0 Å². The molecule has 5 nitrogen and oxygen atoms in total. The highest BCUT2D eigenvalue weighted by Gasteiger charge is 1.98. The molecule has 0 radical (unpaired) electrons. The van der Waals surface area contributed by atoms with Gasteiger partial charge >= 0.3 is 0 Å². The maximum absolute atomic E-state index is 9.51. The molecule has 0 amide bonds. The van der Waals surface area contributed by atoms with Crippen molar-refractivity contribution in [3.05, 3.63) is 40.9 Å². The molecule has 6 heteroatoms. The predicted molar refractivity (Wildman–Crippen MR) is 58.8 cm³/mol. The third kappa shape index (κ3) is 2.41. The number of hydrogen-bond acceptors (Lipinski definition) is 4. The summed E-state index contributed by atoms with van der Waals surface area (Å²) in [5.41, 5.74) is 0.611. The second-order valence-corrected chi connectivity index (χ2v) is 3.68. The van der Waals surface area contributed by atoms with Crippen LogP contribution in [-0.2, 0) is 0 Å². The van der Waals surface area contributed by atoms with Gasteiger partial charge in [0.2, 0.25) is 0 Å². The van der Waals surface area contributed by atoms with Crippen LogP contribution < -0.4 is 0 Å². The lowest BCUT2D eigenvalue weighted by Crippen LogP contribution is -1.91. The zero-order valence-electron chi connectivity index (χ0n) is 7.58. The van der Waals surface area contributed by atoms with Gasteiger partial charge in [-0.1, -0.05) is 15.9 Å². The van der Waals surface area contributed by atoms with Crippen LogP contribution in [0.2, 0.25) is 0 Å². The number of benzene rings is 1. The summed E-state index contributed by atoms with van der Waals surface area (Å²) >= 11 is 3.31. The fourth-order valence-electron chi connectivity index (χ4n) is 1.01. The molecule has 0 bridgehead atoms. The molecule has 0 unspecified atom stereocenters. The van der Waals surface area contributed by atoms with Gasteiger partial charge in [-0.2, -0.15) is 5.10 Å². The Kier molecular flexibility index (Phi) is 2.77. The van der Waals surface area contributed by atoms with Gasteiger partial charge in [-0.25, -0.2) is 4.98 Å². The van der Waals surface area contributed by atoms with Gasteiger partial charge in [-0.05, 0) is 18.2 Å². The van der Waals surface area contributed by atoms with E-state index < -0.39 is 0 Å². The van der Waals surface area contributed by atoms with Crippen molar-refractivity contribution in [1.82, 2.24) is 14.9 Å². The van der Waals surface area contributed by atoms with E-state index >= 15 is 0 Å². The Morgan fingerprint density at radius 1 is 1.47 bits per heavy atom. The lowest BCUT2D eigenvalue weighted by atomic mass is 10.2. The van der Waals surface area contributed by atoms with Gasteiger partial charge in [0.05, 0.1) is 6.21 Å². The Bertz CT molecular complexity index is 481. The fourth-order valence-corrected chi connectivity index (χ4v) is 1.39. The Balaban J connectivity index is 2.27. The van der Waals surface area contributed by atoms with Crippen molar-refractivity contribution in [2.45, 2.75) is 0 Å². The first kappa shape index (κ1) is 9.85.